The number of ether oxygens (including phenoxy) is 1. The Hall–Kier alpha value is -1.88. The molecule has 0 spiro atoms. The maximum atomic E-state index is 12.7. The Morgan fingerprint density at radius 2 is 1.92 bits per heavy atom. The first-order chi connectivity index (χ1) is 11.6. The topological polar surface area (TPSA) is 55.6 Å². The number of halogens is 1. The van der Waals surface area contributed by atoms with E-state index in [-0.39, 0.29) is 12.0 Å². The van der Waals surface area contributed by atoms with Crippen molar-refractivity contribution in [2.75, 3.05) is 19.7 Å². The Bertz CT molecular complexity index is 676. The number of benzene rings is 2. The molecule has 1 fully saturated rings. The maximum Gasteiger partial charge on any atom is 0.240 e. The van der Waals surface area contributed by atoms with Crippen LogP contribution in [0.1, 0.15) is 17.2 Å². The lowest BCUT2D eigenvalue weighted by Crippen LogP contribution is -2.50. The molecule has 0 aromatic heterocycles. The summed E-state index contributed by atoms with van der Waals surface area (Å²) in [5.74, 6) is -0.0267. The largest absolute Gasteiger partial charge is 0.370 e. The van der Waals surface area contributed by atoms with Crippen molar-refractivity contribution in [2.45, 2.75) is 18.6 Å². The molecule has 1 aliphatic rings. The van der Waals surface area contributed by atoms with Crippen molar-refractivity contribution < 1.29 is 9.53 Å². The van der Waals surface area contributed by atoms with E-state index in [1.807, 2.05) is 54.6 Å². The molecule has 2 N–H and O–H groups in total. The monoisotopic (exact) mass is 344 g/mol. The van der Waals surface area contributed by atoms with Gasteiger partial charge in [-0.2, -0.15) is 0 Å². The van der Waals surface area contributed by atoms with Gasteiger partial charge in [-0.15, -0.1) is 0 Å². The van der Waals surface area contributed by atoms with Gasteiger partial charge in [0, 0.05) is 11.6 Å². The van der Waals surface area contributed by atoms with Gasteiger partial charge in [-0.1, -0.05) is 54.1 Å². The van der Waals surface area contributed by atoms with Crippen LogP contribution < -0.4 is 5.73 Å². The van der Waals surface area contributed by atoms with Gasteiger partial charge in [0.15, 0.2) is 0 Å². The normalized spacial score (nSPS) is 19.1. The quantitative estimate of drug-likeness (QED) is 0.927. The van der Waals surface area contributed by atoms with Crippen LogP contribution in [0, 0.1) is 0 Å². The summed E-state index contributed by atoms with van der Waals surface area (Å²) in [6.45, 7) is 1.60. The molecule has 0 saturated carbocycles. The zero-order valence-corrected chi connectivity index (χ0v) is 14.2. The minimum Gasteiger partial charge on any atom is -0.370 e. The van der Waals surface area contributed by atoms with Crippen molar-refractivity contribution >= 4 is 17.5 Å². The lowest BCUT2D eigenvalue weighted by molar-refractivity contribution is -0.140. The van der Waals surface area contributed by atoms with Gasteiger partial charge < -0.3 is 15.4 Å². The van der Waals surface area contributed by atoms with Crippen molar-refractivity contribution in [3.63, 3.8) is 0 Å². The standard InChI is InChI=1S/C19H21ClN2O2/c20-16-8-6-15(7-9-16)18-13-22(10-11-24-18)19(23)17(21)12-14-4-2-1-3-5-14/h1-9,17-18H,10-13,21H2/t17-,18?/m0/s1. The van der Waals surface area contributed by atoms with E-state index in [9.17, 15) is 4.79 Å². The second-order valence-corrected chi connectivity index (χ2v) is 6.43. The third-order valence-corrected chi connectivity index (χ3v) is 4.49. The predicted molar refractivity (Wildman–Crippen MR) is 94.8 cm³/mol. The van der Waals surface area contributed by atoms with Crippen LogP contribution in [-0.2, 0) is 16.0 Å². The first-order valence-corrected chi connectivity index (χ1v) is 8.46. The molecule has 4 nitrogen and oxygen atoms in total. The smallest absolute Gasteiger partial charge is 0.240 e. The summed E-state index contributed by atoms with van der Waals surface area (Å²) in [6, 6.07) is 16.9. The van der Waals surface area contributed by atoms with Crippen LogP contribution in [-0.4, -0.2) is 36.5 Å². The third-order valence-electron chi connectivity index (χ3n) is 4.24. The molecule has 24 heavy (non-hydrogen) atoms. The van der Waals surface area contributed by atoms with Crippen molar-refractivity contribution in [1.82, 2.24) is 4.90 Å². The lowest BCUT2D eigenvalue weighted by atomic mass is 10.0. The van der Waals surface area contributed by atoms with Gasteiger partial charge in [-0.25, -0.2) is 0 Å². The van der Waals surface area contributed by atoms with Crippen LogP contribution in [0.25, 0.3) is 0 Å². The molecule has 3 rings (SSSR count). The van der Waals surface area contributed by atoms with Gasteiger partial charge in [0.05, 0.1) is 19.2 Å². The van der Waals surface area contributed by atoms with E-state index in [0.29, 0.717) is 31.1 Å². The van der Waals surface area contributed by atoms with E-state index in [1.165, 1.54) is 0 Å². The van der Waals surface area contributed by atoms with Crippen LogP contribution in [0.2, 0.25) is 5.02 Å². The number of nitrogens with zero attached hydrogens (tertiary/aromatic N) is 1. The van der Waals surface area contributed by atoms with Crippen LogP contribution >= 0.6 is 11.6 Å². The molecule has 2 atom stereocenters. The lowest BCUT2D eigenvalue weighted by Gasteiger charge is -2.34. The molecule has 2 aromatic rings. The Labute approximate surface area is 147 Å². The summed E-state index contributed by atoms with van der Waals surface area (Å²) < 4.78 is 5.80. The molecule has 1 saturated heterocycles. The number of hydrogen-bond donors (Lipinski definition) is 1. The second-order valence-electron chi connectivity index (χ2n) is 5.99. The van der Waals surface area contributed by atoms with Gasteiger partial charge in [-0.3, -0.25) is 4.79 Å². The van der Waals surface area contributed by atoms with Gasteiger partial charge in [0.25, 0.3) is 0 Å². The van der Waals surface area contributed by atoms with E-state index in [1.54, 1.807) is 4.90 Å². The summed E-state index contributed by atoms with van der Waals surface area (Å²) in [6.07, 6.45) is 0.409. The number of carbonyl (C=O) groups excluding carboxylic acids is 1. The molecule has 5 heteroatoms. The molecule has 0 radical (unpaired) electrons. The summed E-state index contributed by atoms with van der Waals surface area (Å²) in [7, 11) is 0. The Morgan fingerprint density at radius 3 is 2.62 bits per heavy atom. The highest BCUT2D eigenvalue weighted by Crippen LogP contribution is 2.24. The van der Waals surface area contributed by atoms with Crippen molar-refractivity contribution in [2.24, 2.45) is 5.73 Å². The molecule has 126 valence electrons. The van der Waals surface area contributed by atoms with Crippen LogP contribution in [0.15, 0.2) is 54.6 Å². The number of nitrogens with two attached hydrogens (primary N) is 1. The van der Waals surface area contributed by atoms with Crippen molar-refractivity contribution in [3.05, 3.63) is 70.7 Å². The molecule has 1 aliphatic heterocycles. The van der Waals surface area contributed by atoms with E-state index < -0.39 is 6.04 Å². The zero-order valence-electron chi connectivity index (χ0n) is 13.4. The highest BCUT2D eigenvalue weighted by Gasteiger charge is 2.28. The fourth-order valence-electron chi connectivity index (χ4n) is 2.92. The minimum atomic E-state index is -0.531. The summed E-state index contributed by atoms with van der Waals surface area (Å²) in [4.78, 5) is 14.5. The fraction of sp³-hybridized carbons (Fsp3) is 0.316. The van der Waals surface area contributed by atoms with Crippen molar-refractivity contribution in [3.8, 4) is 0 Å². The summed E-state index contributed by atoms with van der Waals surface area (Å²) in [5, 5.41) is 0.687. The molecule has 0 aliphatic carbocycles. The number of hydrogen-bond acceptors (Lipinski definition) is 3. The molecular weight excluding hydrogens is 324 g/mol. The van der Waals surface area contributed by atoms with Crippen LogP contribution in [0.4, 0.5) is 0 Å². The first kappa shape index (κ1) is 17.0. The van der Waals surface area contributed by atoms with Gasteiger partial charge in [-0.05, 0) is 29.7 Å². The first-order valence-electron chi connectivity index (χ1n) is 8.09. The fourth-order valence-corrected chi connectivity index (χ4v) is 3.04. The van der Waals surface area contributed by atoms with Crippen molar-refractivity contribution in [1.29, 1.82) is 0 Å². The molecule has 0 bridgehead atoms. The number of amides is 1. The van der Waals surface area contributed by atoms with Crippen LogP contribution in [0.5, 0.6) is 0 Å². The summed E-state index contributed by atoms with van der Waals surface area (Å²) >= 11 is 5.93. The van der Waals surface area contributed by atoms with E-state index in [2.05, 4.69) is 0 Å². The maximum absolute atomic E-state index is 12.7. The van der Waals surface area contributed by atoms with E-state index in [4.69, 9.17) is 22.1 Å². The highest BCUT2D eigenvalue weighted by atomic mass is 35.5. The Morgan fingerprint density at radius 1 is 1.21 bits per heavy atom. The van der Waals surface area contributed by atoms with E-state index in [0.717, 1.165) is 11.1 Å². The Kier molecular flexibility index (Phi) is 5.51. The Balaban J connectivity index is 1.63. The molecule has 1 heterocycles. The number of carbonyl (C=O) groups is 1. The molecule has 1 unspecified atom stereocenters. The zero-order chi connectivity index (χ0) is 16.9. The molecule has 2 aromatic carbocycles. The van der Waals surface area contributed by atoms with Gasteiger partial charge >= 0.3 is 0 Å². The second kappa shape index (κ2) is 7.79. The van der Waals surface area contributed by atoms with Gasteiger partial charge in [0.2, 0.25) is 5.91 Å². The van der Waals surface area contributed by atoms with Gasteiger partial charge in [0.1, 0.15) is 6.10 Å². The third kappa shape index (κ3) is 4.15. The number of rotatable bonds is 4. The minimum absolute atomic E-state index is 0.0267. The van der Waals surface area contributed by atoms with E-state index >= 15 is 0 Å². The van der Waals surface area contributed by atoms with Crippen LogP contribution in [0.3, 0.4) is 0 Å². The molecule has 1 amide bonds. The average Bonchev–Trinajstić information content (AvgIpc) is 2.62. The summed E-state index contributed by atoms with van der Waals surface area (Å²) in [5.41, 5.74) is 8.23. The highest BCUT2D eigenvalue weighted by molar-refractivity contribution is 6.30. The predicted octanol–water partition coefficient (Wildman–Crippen LogP) is 2.81. The number of morpholine rings is 1. The SMILES string of the molecule is N[C@@H](Cc1ccccc1)C(=O)N1CCOC(c2ccc(Cl)cc2)C1. The average molecular weight is 345 g/mol. The molecular formula is C19H21ClN2O2.